The van der Waals surface area contributed by atoms with Crippen molar-refractivity contribution in [1.29, 1.82) is 0 Å². The molecule has 3 rings (SSSR count). The van der Waals surface area contributed by atoms with Crippen LogP contribution in [0, 0.1) is 0 Å². The largest absolute Gasteiger partial charge is 0.316 e. The van der Waals surface area contributed by atoms with Crippen molar-refractivity contribution >= 4 is 49.1 Å². The van der Waals surface area contributed by atoms with Crippen LogP contribution < -0.4 is 4.80 Å². The standard InChI is InChI=1S/C21H24N2O3S3/c1-5-11-23-18-10-9-16(27-4)13-19(18)28-21(23)22-20(24)15-7-6-8-17(12-15)29(25,26)14(2)3/h6-10,12-14H,5,11H2,1-4H3. The molecule has 0 bridgehead atoms. The Hall–Kier alpha value is -1.90. The summed E-state index contributed by atoms with van der Waals surface area (Å²) in [6.45, 7) is 6.09. The second-order valence-electron chi connectivity index (χ2n) is 6.91. The van der Waals surface area contributed by atoms with Crippen molar-refractivity contribution < 1.29 is 13.2 Å². The van der Waals surface area contributed by atoms with E-state index in [1.54, 1.807) is 37.7 Å². The summed E-state index contributed by atoms with van der Waals surface area (Å²) in [5, 5.41) is -0.551. The van der Waals surface area contributed by atoms with Crippen LogP contribution in [-0.2, 0) is 16.4 Å². The first-order chi connectivity index (χ1) is 13.8. The molecule has 0 saturated heterocycles. The van der Waals surface area contributed by atoms with Gasteiger partial charge in [-0.2, -0.15) is 4.99 Å². The third kappa shape index (κ3) is 4.49. The van der Waals surface area contributed by atoms with E-state index in [-0.39, 0.29) is 10.5 Å². The quantitative estimate of drug-likeness (QED) is 0.510. The van der Waals surface area contributed by atoms with Crippen LogP contribution in [0.25, 0.3) is 10.2 Å². The summed E-state index contributed by atoms with van der Waals surface area (Å²) < 4.78 is 28.0. The van der Waals surface area contributed by atoms with Crippen LogP contribution in [0.5, 0.6) is 0 Å². The zero-order valence-corrected chi connectivity index (χ0v) is 19.3. The Balaban J connectivity index is 2.09. The van der Waals surface area contributed by atoms with Gasteiger partial charge in [-0.05, 0) is 62.9 Å². The number of benzene rings is 2. The molecule has 0 saturated carbocycles. The molecule has 29 heavy (non-hydrogen) atoms. The van der Waals surface area contributed by atoms with Crippen LogP contribution in [0.1, 0.15) is 37.6 Å². The highest BCUT2D eigenvalue weighted by Gasteiger charge is 2.20. The number of sulfone groups is 1. The third-order valence-electron chi connectivity index (χ3n) is 4.56. The van der Waals surface area contributed by atoms with E-state index in [1.807, 2.05) is 6.26 Å². The number of aryl methyl sites for hydroxylation is 1. The van der Waals surface area contributed by atoms with Crippen molar-refractivity contribution in [2.75, 3.05) is 6.26 Å². The average molecular weight is 449 g/mol. The lowest BCUT2D eigenvalue weighted by molar-refractivity contribution is 0.0997. The Bertz CT molecular complexity index is 1220. The smallest absolute Gasteiger partial charge is 0.279 e. The van der Waals surface area contributed by atoms with E-state index in [0.29, 0.717) is 4.80 Å². The van der Waals surface area contributed by atoms with E-state index in [4.69, 9.17) is 0 Å². The van der Waals surface area contributed by atoms with Gasteiger partial charge in [0.2, 0.25) is 0 Å². The average Bonchev–Trinajstić information content (AvgIpc) is 3.04. The van der Waals surface area contributed by atoms with Crippen LogP contribution in [-0.4, -0.2) is 30.4 Å². The summed E-state index contributed by atoms with van der Waals surface area (Å²) >= 11 is 3.15. The maximum absolute atomic E-state index is 12.8. The minimum atomic E-state index is -3.45. The van der Waals surface area contributed by atoms with E-state index in [2.05, 4.69) is 34.7 Å². The van der Waals surface area contributed by atoms with Gasteiger partial charge in [0.05, 0.1) is 20.4 Å². The van der Waals surface area contributed by atoms with Crippen LogP contribution >= 0.6 is 23.1 Å². The molecule has 0 unspecified atom stereocenters. The van der Waals surface area contributed by atoms with Crippen molar-refractivity contribution in [3.63, 3.8) is 0 Å². The summed E-state index contributed by atoms with van der Waals surface area (Å²) in [6, 6.07) is 12.4. The Morgan fingerprint density at radius 3 is 2.62 bits per heavy atom. The third-order valence-corrected chi connectivity index (χ3v) is 8.48. The molecule has 8 heteroatoms. The molecule has 0 spiro atoms. The molecule has 5 nitrogen and oxygen atoms in total. The molecule has 0 N–H and O–H groups in total. The van der Waals surface area contributed by atoms with Gasteiger partial charge in [-0.3, -0.25) is 4.79 Å². The molecule has 0 aliphatic rings. The molecule has 0 aliphatic carbocycles. The van der Waals surface area contributed by atoms with Crippen molar-refractivity contribution in [2.24, 2.45) is 4.99 Å². The second kappa shape index (κ2) is 8.85. The van der Waals surface area contributed by atoms with E-state index >= 15 is 0 Å². The SMILES string of the molecule is CCCn1c(=NC(=O)c2cccc(S(=O)(=O)C(C)C)c2)sc2cc(SC)ccc21. The number of aromatic nitrogens is 1. The fraction of sp³-hybridized carbons (Fsp3) is 0.333. The molecule has 2 aromatic carbocycles. The molecular weight excluding hydrogens is 424 g/mol. The van der Waals surface area contributed by atoms with Crippen LogP contribution in [0.15, 0.2) is 57.2 Å². The highest BCUT2D eigenvalue weighted by Crippen LogP contribution is 2.24. The first-order valence-electron chi connectivity index (χ1n) is 9.38. The van der Waals surface area contributed by atoms with Gasteiger partial charge in [0, 0.05) is 17.0 Å². The molecule has 1 heterocycles. The van der Waals surface area contributed by atoms with Gasteiger partial charge < -0.3 is 4.57 Å². The maximum atomic E-state index is 12.8. The Morgan fingerprint density at radius 1 is 1.21 bits per heavy atom. The fourth-order valence-corrected chi connectivity index (χ4v) is 5.65. The fourth-order valence-electron chi connectivity index (χ4n) is 2.94. The number of hydrogen-bond acceptors (Lipinski definition) is 5. The van der Waals surface area contributed by atoms with E-state index in [1.165, 1.54) is 23.5 Å². The lowest BCUT2D eigenvalue weighted by Crippen LogP contribution is -2.17. The first kappa shape index (κ1) is 21.8. The lowest BCUT2D eigenvalue weighted by Gasteiger charge is -2.08. The van der Waals surface area contributed by atoms with Crippen LogP contribution in [0.2, 0.25) is 0 Å². The number of carbonyl (C=O) groups excluding carboxylic acids is 1. The predicted octanol–water partition coefficient (Wildman–Crippen LogP) is 4.76. The van der Waals surface area contributed by atoms with Crippen LogP contribution in [0.3, 0.4) is 0 Å². The van der Waals surface area contributed by atoms with E-state index in [0.717, 1.165) is 28.1 Å². The molecule has 0 atom stereocenters. The minimum Gasteiger partial charge on any atom is -0.316 e. The number of hydrogen-bond donors (Lipinski definition) is 0. The number of thioether (sulfide) groups is 1. The maximum Gasteiger partial charge on any atom is 0.279 e. The van der Waals surface area contributed by atoms with Gasteiger partial charge in [-0.1, -0.05) is 24.3 Å². The predicted molar refractivity (Wildman–Crippen MR) is 121 cm³/mol. The Morgan fingerprint density at radius 2 is 1.97 bits per heavy atom. The van der Waals surface area contributed by atoms with Crippen molar-refractivity contribution in [3.05, 3.63) is 52.8 Å². The zero-order chi connectivity index (χ0) is 21.2. The van der Waals surface area contributed by atoms with Crippen molar-refractivity contribution in [1.82, 2.24) is 4.57 Å². The lowest BCUT2D eigenvalue weighted by atomic mass is 10.2. The number of fused-ring (bicyclic) bond motifs is 1. The van der Waals surface area contributed by atoms with Gasteiger partial charge in [0.25, 0.3) is 5.91 Å². The molecule has 1 amide bonds. The highest BCUT2D eigenvalue weighted by atomic mass is 32.2. The Kier molecular flexibility index (Phi) is 6.65. The van der Waals surface area contributed by atoms with Gasteiger partial charge in [-0.25, -0.2) is 8.42 Å². The minimum absolute atomic E-state index is 0.149. The first-order valence-corrected chi connectivity index (χ1v) is 13.0. The Labute approximate surface area is 179 Å². The molecular formula is C21H24N2O3S3. The number of nitrogens with zero attached hydrogens (tertiary/aromatic N) is 2. The summed E-state index contributed by atoms with van der Waals surface area (Å²) in [6.07, 6.45) is 2.95. The zero-order valence-electron chi connectivity index (χ0n) is 16.9. The molecule has 1 aromatic heterocycles. The van der Waals surface area contributed by atoms with E-state index < -0.39 is 21.0 Å². The molecule has 154 valence electrons. The molecule has 0 fully saturated rings. The summed E-state index contributed by atoms with van der Waals surface area (Å²) in [7, 11) is -3.45. The van der Waals surface area contributed by atoms with Gasteiger partial charge in [0.15, 0.2) is 14.6 Å². The van der Waals surface area contributed by atoms with E-state index in [9.17, 15) is 13.2 Å². The van der Waals surface area contributed by atoms with Crippen molar-refractivity contribution in [2.45, 2.75) is 48.8 Å². The monoisotopic (exact) mass is 448 g/mol. The van der Waals surface area contributed by atoms with Crippen LogP contribution in [0.4, 0.5) is 0 Å². The van der Waals surface area contributed by atoms with Gasteiger partial charge in [0.1, 0.15) is 0 Å². The number of rotatable bonds is 6. The topological polar surface area (TPSA) is 68.5 Å². The van der Waals surface area contributed by atoms with Gasteiger partial charge in [-0.15, -0.1) is 11.8 Å². The normalized spacial score (nSPS) is 12.8. The highest BCUT2D eigenvalue weighted by molar-refractivity contribution is 7.98. The summed E-state index contributed by atoms with van der Waals surface area (Å²) in [5.41, 5.74) is 1.33. The molecule has 0 radical (unpaired) electrons. The molecule has 0 aliphatic heterocycles. The van der Waals surface area contributed by atoms with Gasteiger partial charge >= 0.3 is 0 Å². The molecule has 3 aromatic rings. The number of amides is 1. The second-order valence-corrected chi connectivity index (χ2v) is 11.3. The number of thiazole rings is 1. The number of carbonyl (C=O) groups is 1. The summed E-state index contributed by atoms with van der Waals surface area (Å²) in [5.74, 6) is -0.438. The van der Waals surface area contributed by atoms with Crippen molar-refractivity contribution in [3.8, 4) is 0 Å². The summed E-state index contributed by atoms with van der Waals surface area (Å²) in [4.78, 5) is 19.1.